The van der Waals surface area contributed by atoms with Crippen molar-refractivity contribution >= 4 is 15.9 Å². The van der Waals surface area contributed by atoms with Gasteiger partial charge in [-0.3, -0.25) is 4.68 Å². The van der Waals surface area contributed by atoms with E-state index in [1.54, 1.807) is 6.20 Å². The van der Waals surface area contributed by atoms with Gasteiger partial charge in [0.1, 0.15) is 12.4 Å². The van der Waals surface area contributed by atoms with Gasteiger partial charge in [-0.25, -0.2) is 0 Å². The highest BCUT2D eigenvalue weighted by Gasteiger charge is 2.08. The molecule has 0 saturated heterocycles. The second kappa shape index (κ2) is 6.02. The van der Waals surface area contributed by atoms with Crippen LogP contribution >= 0.6 is 15.9 Å². The number of benzene rings is 1. The summed E-state index contributed by atoms with van der Waals surface area (Å²) in [5.41, 5.74) is 6.93. The van der Waals surface area contributed by atoms with Crippen molar-refractivity contribution in [2.24, 2.45) is 5.73 Å². The van der Waals surface area contributed by atoms with Crippen LogP contribution in [-0.2, 0) is 6.54 Å². The minimum atomic E-state index is -0.0437. The Hall–Kier alpha value is -1.33. The van der Waals surface area contributed by atoms with Crippen LogP contribution in [0.4, 0.5) is 0 Å². The van der Waals surface area contributed by atoms with Crippen LogP contribution in [0.25, 0.3) is 0 Å². The SMILES string of the molecule is C[C@@H](N)c1ccc(Br)cc1OCCn1cccn1. The molecule has 18 heavy (non-hydrogen) atoms. The maximum atomic E-state index is 5.92. The van der Waals surface area contributed by atoms with Crippen LogP contribution in [0, 0.1) is 0 Å². The molecular weight excluding hydrogens is 294 g/mol. The summed E-state index contributed by atoms with van der Waals surface area (Å²) < 4.78 is 8.61. The second-order valence-corrected chi connectivity index (χ2v) is 5.00. The molecule has 0 radical (unpaired) electrons. The van der Waals surface area contributed by atoms with Gasteiger partial charge in [0.2, 0.25) is 0 Å². The van der Waals surface area contributed by atoms with Gasteiger partial charge in [-0.05, 0) is 25.1 Å². The van der Waals surface area contributed by atoms with Gasteiger partial charge in [0.05, 0.1) is 6.54 Å². The zero-order chi connectivity index (χ0) is 13.0. The first kappa shape index (κ1) is 13.1. The minimum Gasteiger partial charge on any atom is -0.491 e. The van der Waals surface area contributed by atoms with Gasteiger partial charge in [0.15, 0.2) is 0 Å². The van der Waals surface area contributed by atoms with Gasteiger partial charge in [-0.1, -0.05) is 22.0 Å². The molecule has 4 nitrogen and oxygen atoms in total. The third-order valence-electron chi connectivity index (χ3n) is 2.60. The smallest absolute Gasteiger partial charge is 0.125 e. The quantitative estimate of drug-likeness (QED) is 0.924. The van der Waals surface area contributed by atoms with Crippen LogP contribution in [0.1, 0.15) is 18.5 Å². The predicted octanol–water partition coefficient (Wildman–Crippen LogP) is 2.74. The molecule has 2 N–H and O–H groups in total. The van der Waals surface area contributed by atoms with E-state index in [1.807, 2.05) is 42.1 Å². The van der Waals surface area contributed by atoms with E-state index in [4.69, 9.17) is 10.5 Å². The molecular formula is C13H16BrN3O. The maximum absolute atomic E-state index is 5.92. The Morgan fingerprint density at radius 2 is 2.33 bits per heavy atom. The third-order valence-corrected chi connectivity index (χ3v) is 3.10. The normalized spacial score (nSPS) is 12.4. The summed E-state index contributed by atoms with van der Waals surface area (Å²) in [7, 11) is 0. The second-order valence-electron chi connectivity index (χ2n) is 4.09. The Morgan fingerprint density at radius 1 is 1.50 bits per heavy atom. The Kier molecular flexibility index (Phi) is 4.38. The van der Waals surface area contributed by atoms with Crippen LogP contribution in [0.2, 0.25) is 0 Å². The maximum Gasteiger partial charge on any atom is 0.125 e. The van der Waals surface area contributed by atoms with Crippen molar-refractivity contribution in [2.45, 2.75) is 19.5 Å². The number of halogens is 1. The van der Waals surface area contributed by atoms with E-state index in [1.165, 1.54) is 0 Å². The molecule has 0 aliphatic carbocycles. The van der Waals surface area contributed by atoms with E-state index in [0.29, 0.717) is 6.61 Å². The monoisotopic (exact) mass is 309 g/mol. The van der Waals surface area contributed by atoms with Gasteiger partial charge in [-0.15, -0.1) is 0 Å². The number of hydrogen-bond acceptors (Lipinski definition) is 3. The highest BCUT2D eigenvalue weighted by atomic mass is 79.9. The summed E-state index contributed by atoms with van der Waals surface area (Å²) in [5, 5.41) is 4.13. The molecule has 1 atom stereocenters. The van der Waals surface area contributed by atoms with Gasteiger partial charge < -0.3 is 10.5 Å². The zero-order valence-electron chi connectivity index (χ0n) is 10.2. The third kappa shape index (κ3) is 3.34. The summed E-state index contributed by atoms with van der Waals surface area (Å²) in [5.74, 6) is 0.825. The molecule has 0 unspecified atom stereocenters. The van der Waals surface area contributed by atoms with Crippen molar-refractivity contribution in [2.75, 3.05) is 6.61 Å². The fourth-order valence-electron chi connectivity index (χ4n) is 1.69. The molecule has 0 aliphatic heterocycles. The van der Waals surface area contributed by atoms with Crippen molar-refractivity contribution in [1.82, 2.24) is 9.78 Å². The number of ether oxygens (including phenoxy) is 1. The van der Waals surface area contributed by atoms with Gasteiger partial charge in [-0.2, -0.15) is 5.10 Å². The lowest BCUT2D eigenvalue weighted by molar-refractivity contribution is 0.287. The molecule has 1 heterocycles. The Bertz CT molecular complexity index is 497. The summed E-state index contributed by atoms with van der Waals surface area (Å²) >= 11 is 3.44. The molecule has 0 aliphatic rings. The highest BCUT2D eigenvalue weighted by Crippen LogP contribution is 2.27. The van der Waals surface area contributed by atoms with Crippen molar-refractivity contribution in [1.29, 1.82) is 0 Å². The van der Waals surface area contributed by atoms with Crippen molar-refractivity contribution in [3.05, 3.63) is 46.7 Å². The molecule has 2 aromatic rings. The molecule has 0 saturated carbocycles. The largest absolute Gasteiger partial charge is 0.491 e. The molecule has 1 aromatic heterocycles. The minimum absolute atomic E-state index is 0.0437. The average Bonchev–Trinajstić information content (AvgIpc) is 2.82. The van der Waals surface area contributed by atoms with Crippen LogP contribution in [0.3, 0.4) is 0 Å². The fourth-order valence-corrected chi connectivity index (χ4v) is 2.03. The predicted molar refractivity (Wildman–Crippen MR) is 74.5 cm³/mol. The number of aromatic nitrogens is 2. The van der Waals surface area contributed by atoms with Gasteiger partial charge in [0.25, 0.3) is 0 Å². The van der Waals surface area contributed by atoms with E-state index in [2.05, 4.69) is 21.0 Å². The van der Waals surface area contributed by atoms with Crippen LogP contribution in [-0.4, -0.2) is 16.4 Å². The van der Waals surface area contributed by atoms with Crippen molar-refractivity contribution in [3.63, 3.8) is 0 Å². The van der Waals surface area contributed by atoms with Crippen molar-refractivity contribution < 1.29 is 4.74 Å². The molecule has 5 heteroatoms. The molecule has 1 aromatic carbocycles. The lowest BCUT2D eigenvalue weighted by Gasteiger charge is -2.14. The average molecular weight is 310 g/mol. The molecule has 0 spiro atoms. The zero-order valence-corrected chi connectivity index (χ0v) is 11.8. The number of nitrogens with two attached hydrogens (primary N) is 1. The lowest BCUT2D eigenvalue weighted by atomic mass is 10.1. The lowest BCUT2D eigenvalue weighted by Crippen LogP contribution is -2.12. The van der Waals surface area contributed by atoms with Crippen molar-refractivity contribution in [3.8, 4) is 5.75 Å². The summed E-state index contributed by atoms with van der Waals surface area (Å²) in [6, 6.07) is 7.75. The molecule has 0 amide bonds. The number of nitrogens with zero attached hydrogens (tertiary/aromatic N) is 2. The molecule has 2 rings (SSSR count). The van der Waals surface area contributed by atoms with Crippen LogP contribution < -0.4 is 10.5 Å². The highest BCUT2D eigenvalue weighted by molar-refractivity contribution is 9.10. The van der Waals surface area contributed by atoms with E-state index < -0.39 is 0 Å². The number of hydrogen-bond donors (Lipinski definition) is 1. The summed E-state index contributed by atoms with van der Waals surface area (Å²) in [6.07, 6.45) is 3.67. The van der Waals surface area contributed by atoms with Crippen LogP contribution in [0.5, 0.6) is 5.75 Å². The molecule has 96 valence electrons. The van der Waals surface area contributed by atoms with Gasteiger partial charge >= 0.3 is 0 Å². The fraction of sp³-hybridized carbons (Fsp3) is 0.308. The molecule has 0 fully saturated rings. The topological polar surface area (TPSA) is 53.1 Å². The first-order valence-electron chi connectivity index (χ1n) is 5.82. The summed E-state index contributed by atoms with van der Waals surface area (Å²) in [4.78, 5) is 0. The van der Waals surface area contributed by atoms with Gasteiger partial charge in [0, 0.05) is 28.5 Å². The summed E-state index contributed by atoms with van der Waals surface area (Å²) in [6.45, 7) is 3.24. The van der Waals surface area contributed by atoms with E-state index >= 15 is 0 Å². The first-order chi connectivity index (χ1) is 8.66. The van der Waals surface area contributed by atoms with E-state index in [-0.39, 0.29) is 6.04 Å². The Morgan fingerprint density at radius 3 is 3.00 bits per heavy atom. The van der Waals surface area contributed by atoms with E-state index in [9.17, 15) is 0 Å². The Labute approximate surface area is 115 Å². The van der Waals surface area contributed by atoms with E-state index in [0.717, 1.165) is 22.3 Å². The standard InChI is InChI=1S/C13H16BrN3O/c1-10(15)12-4-3-11(14)9-13(12)18-8-7-17-6-2-5-16-17/h2-6,9-10H,7-8,15H2,1H3/t10-/m1/s1. The first-order valence-corrected chi connectivity index (χ1v) is 6.61. The molecule has 0 bridgehead atoms. The van der Waals surface area contributed by atoms with Crippen LogP contribution in [0.15, 0.2) is 41.1 Å². The Balaban J connectivity index is 2.01. The number of rotatable bonds is 5.